The zero-order valence-electron chi connectivity index (χ0n) is 17.0. The molecule has 2 aromatic carbocycles. The van der Waals surface area contributed by atoms with Crippen molar-refractivity contribution in [3.8, 4) is 5.75 Å². The van der Waals surface area contributed by atoms with Crippen molar-refractivity contribution in [2.45, 2.75) is 19.8 Å². The molecule has 0 aliphatic carbocycles. The molecule has 1 aliphatic rings. The lowest BCUT2D eigenvalue weighted by molar-refractivity contribution is -0.136. The molecule has 1 fully saturated rings. The number of hydrogen-bond donors (Lipinski definition) is 1. The number of rotatable bonds is 8. The van der Waals surface area contributed by atoms with Crippen molar-refractivity contribution in [1.29, 1.82) is 0 Å². The van der Waals surface area contributed by atoms with Crippen molar-refractivity contribution in [1.82, 2.24) is 4.90 Å². The predicted molar refractivity (Wildman–Crippen MR) is 112 cm³/mol. The molecule has 29 heavy (non-hydrogen) atoms. The summed E-state index contributed by atoms with van der Waals surface area (Å²) in [6.07, 6.45) is 0.881. The fourth-order valence-electron chi connectivity index (χ4n) is 3.74. The van der Waals surface area contributed by atoms with E-state index in [9.17, 15) is 14.7 Å². The second kappa shape index (κ2) is 9.56. The van der Waals surface area contributed by atoms with Crippen molar-refractivity contribution >= 4 is 17.5 Å². The number of carbonyl (C=O) groups excluding carboxylic acids is 2. The summed E-state index contributed by atoms with van der Waals surface area (Å²) in [5, 5.41) is 9.42. The van der Waals surface area contributed by atoms with Gasteiger partial charge in [-0.1, -0.05) is 36.4 Å². The highest BCUT2D eigenvalue weighted by Gasteiger charge is 2.38. The van der Waals surface area contributed by atoms with Crippen LogP contribution in [-0.4, -0.2) is 55.2 Å². The average molecular weight is 396 g/mol. The quantitative estimate of drug-likeness (QED) is 0.744. The van der Waals surface area contributed by atoms with Gasteiger partial charge in [0.2, 0.25) is 11.8 Å². The maximum absolute atomic E-state index is 13.1. The summed E-state index contributed by atoms with van der Waals surface area (Å²) < 4.78 is 5.41. The molecule has 1 unspecified atom stereocenters. The number of aliphatic hydroxyl groups excluding tert-OH is 1. The summed E-state index contributed by atoms with van der Waals surface area (Å²) in [5.74, 6) is 0.0279. The number of aliphatic hydroxyl groups is 1. The minimum atomic E-state index is -0.421. The smallest absolute Gasteiger partial charge is 0.228 e. The van der Waals surface area contributed by atoms with Gasteiger partial charge in [-0.05, 0) is 36.6 Å². The van der Waals surface area contributed by atoms with Crippen LogP contribution in [0, 0.1) is 12.8 Å². The first-order chi connectivity index (χ1) is 14.0. The molecule has 2 amide bonds. The minimum absolute atomic E-state index is 0.0840. The fraction of sp³-hybridized carbons (Fsp3) is 0.391. The van der Waals surface area contributed by atoms with E-state index in [-0.39, 0.29) is 31.4 Å². The maximum atomic E-state index is 13.1. The predicted octanol–water partition coefficient (Wildman–Crippen LogP) is 2.42. The molecular weight excluding hydrogens is 368 g/mol. The molecule has 2 aromatic rings. The minimum Gasteiger partial charge on any atom is -0.495 e. The molecule has 0 radical (unpaired) electrons. The number of hydrogen-bond acceptors (Lipinski definition) is 4. The van der Waals surface area contributed by atoms with Crippen molar-refractivity contribution < 1.29 is 19.4 Å². The van der Waals surface area contributed by atoms with Gasteiger partial charge in [0.1, 0.15) is 5.75 Å². The average Bonchev–Trinajstić information content (AvgIpc) is 3.12. The van der Waals surface area contributed by atoms with E-state index < -0.39 is 5.92 Å². The summed E-state index contributed by atoms with van der Waals surface area (Å²) >= 11 is 0. The van der Waals surface area contributed by atoms with E-state index in [2.05, 4.69) is 0 Å². The molecular formula is C23H28N2O4. The number of benzene rings is 2. The Labute approximate surface area is 171 Å². The van der Waals surface area contributed by atoms with Gasteiger partial charge < -0.3 is 19.6 Å². The summed E-state index contributed by atoms with van der Waals surface area (Å²) in [5.41, 5.74) is 2.86. The third-order valence-electron chi connectivity index (χ3n) is 5.29. The van der Waals surface area contributed by atoms with E-state index in [4.69, 9.17) is 4.74 Å². The summed E-state index contributed by atoms with van der Waals surface area (Å²) in [4.78, 5) is 29.1. The third kappa shape index (κ3) is 4.95. The number of ether oxygens (including phenoxy) is 1. The van der Waals surface area contributed by atoms with Crippen molar-refractivity contribution in [2.75, 3.05) is 38.3 Å². The number of methoxy groups -OCH3 is 1. The lowest BCUT2D eigenvalue weighted by Gasteiger charge is -2.25. The summed E-state index contributed by atoms with van der Waals surface area (Å²) in [6, 6.07) is 15.6. The van der Waals surface area contributed by atoms with Crippen molar-refractivity contribution in [3.05, 3.63) is 59.7 Å². The molecule has 1 aliphatic heterocycles. The molecule has 1 atom stereocenters. The molecule has 0 aromatic heterocycles. The van der Waals surface area contributed by atoms with Gasteiger partial charge in [-0.2, -0.15) is 0 Å². The molecule has 0 bridgehead atoms. The van der Waals surface area contributed by atoms with Crippen LogP contribution in [0.5, 0.6) is 5.75 Å². The van der Waals surface area contributed by atoms with Crippen LogP contribution < -0.4 is 9.64 Å². The zero-order chi connectivity index (χ0) is 20.8. The van der Waals surface area contributed by atoms with Crippen LogP contribution in [0.2, 0.25) is 0 Å². The second-order valence-corrected chi connectivity index (χ2v) is 7.37. The molecule has 154 valence electrons. The van der Waals surface area contributed by atoms with Gasteiger partial charge in [0.25, 0.3) is 0 Å². The van der Waals surface area contributed by atoms with E-state index >= 15 is 0 Å². The Kier molecular flexibility index (Phi) is 6.88. The highest BCUT2D eigenvalue weighted by atomic mass is 16.5. The fourth-order valence-corrected chi connectivity index (χ4v) is 3.74. The largest absolute Gasteiger partial charge is 0.495 e. The van der Waals surface area contributed by atoms with Gasteiger partial charge in [-0.15, -0.1) is 0 Å². The molecule has 6 heteroatoms. The van der Waals surface area contributed by atoms with E-state index in [1.807, 2.05) is 55.5 Å². The Bertz CT molecular complexity index is 853. The Balaban J connectivity index is 1.71. The lowest BCUT2D eigenvalue weighted by Crippen LogP contribution is -2.40. The van der Waals surface area contributed by atoms with Crippen molar-refractivity contribution in [2.24, 2.45) is 5.92 Å². The number of aryl methyl sites for hydroxylation is 1. The molecule has 0 saturated carbocycles. The van der Waals surface area contributed by atoms with Gasteiger partial charge in [-0.3, -0.25) is 9.59 Å². The van der Waals surface area contributed by atoms with Crippen LogP contribution in [-0.2, 0) is 16.0 Å². The SMILES string of the molecule is COc1ccc(C)cc1N1CC(C(=O)N(CCO)CCc2ccccc2)CC1=O. The maximum Gasteiger partial charge on any atom is 0.228 e. The molecule has 1 N–H and O–H groups in total. The van der Waals surface area contributed by atoms with E-state index in [1.54, 1.807) is 16.9 Å². The van der Waals surface area contributed by atoms with Gasteiger partial charge in [-0.25, -0.2) is 0 Å². The van der Waals surface area contributed by atoms with Crippen LogP contribution in [0.1, 0.15) is 17.5 Å². The Morgan fingerprint density at radius 1 is 1.21 bits per heavy atom. The standard InChI is InChI=1S/C23H28N2O4/c1-17-8-9-21(29-2)20(14-17)25-16-19(15-22(25)27)23(28)24(12-13-26)11-10-18-6-4-3-5-7-18/h3-9,14,19,26H,10-13,15-16H2,1-2H3. The Hall–Kier alpha value is -2.86. The van der Waals surface area contributed by atoms with Crippen LogP contribution in [0.25, 0.3) is 0 Å². The molecule has 0 spiro atoms. The summed E-state index contributed by atoms with van der Waals surface area (Å²) in [7, 11) is 1.57. The molecule has 6 nitrogen and oxygen atoms in total. The van der Waals surface area contributed by atoms with Crippen LogP contribution >= 0.6 is 0 Å². The van der Waals surface area contributed by atoms with Gasteiger partial charge in [0.05, 0.1) is 25.3 Å². The Morgan fingerprint density at radius 3 is 2.66 bits per heavy atom. The second-order valence-electron chi connectivity index (χ2n) is 7.37. The van der Waals surface area contributed by atoms with Gasteiger partial charge >= 0.3 is 0 Å². The van der Waals surface area contributed by atoms with Crippen LogP contribution in [0.4, 0.5) is 5.69 Å². The molecule has 3 rings (SSSR count). The van der Waals surface area contributed by atoms with E-state index in [0.717, 1.165) is 11.1 Å². The third-order valence-corrected chi connectivity index (χ3v) is 5.29. The highest BCUT2D eigenvalue weighted by Crippen LogP contribution is 2.34. The van der Waals surface area contributed by atoms with Crippen LogP contribution in [0.15, 0.2) is 48.5 Å². The zero-order valence-corrected chi connectivity index (χ0v) is 17.0. The highest BCUT2D eigenvalue weighted by molar-refractivity contribution is 6.01. The van der Waals surface area contributed by atoms with Crippen LogP contribution in [0.3, 0.4) is 0 Å². The van der Waals surface area contributed by atoms with E-state index in [1.165, 1.54) is 0 Å². The number of nitrogens with zero attached hydrogens (tertiary/aromatic N) is 2. The molecule has 1 saturated heterocycles. The number of anilines is 1. The number of carbonyl (C=O) groups is 2. The summed E-state index contributed by atoms with van der Waals surface area (Å²) in [6.45, 7) is 2.96. The first kappa shape index (κ1) is 20.9. The lowest BCUT2D eigenvalue weighted by atomic mass is 10.1. The number of amides is 2. The first-order valence-corrected chi connectivity index (χ1v) is 9.92. The van der Waals surface area contributed by atoms with E-state index in [0.29, 0.717) is 30.9 Å². The van der Waals surface area contributed by atoms with Crippen molar-refractivity contribution in [3.63, 3.8) is 0 Å². The monoisotopic (exact) mass is 396 g/mol. The Morgan fingerprint density at radius 2 is 1.97 bits per heavy atom. The van der Waals surface area contributed by atoms with Gasteiger partial charge in [0.15, 0.2) is 0 Å². The first-order valence-electron chi connectivity index (χ1n) is 9.92. The topological polar surface area (TPSA) is 70.1 Å². The van der Waals surface area contributed by atoms with Gasteiger partial charge in [0, 0.05) is 26.1 Å². The molecule has 1 heterocycles. The normalized spacial score (nSPS) is 16.2.